The van der Waals surface area contributed by atoms with Gasteiger partial charge in [0, 0.05) is 25.2 Å². The van der Waals surface area contributed by atoms with Crippen molar-refractivity contribution >= 4 is 10.0 Å². The fourth-order valence-corrected chi connectivity index (χ4v) is 3.94. The number of benzene rings is 1. The molecule has 1 aliphatic heterocycles. The second kappa shape index (κ2) is 7.25. The minimum absolute atomic E-state index is 0.161. The van der Waals surface area contributed by atoms with Crippen molar-refractivity contribution in [3.05, 3.63) is 42.7 Å². The topological polar surface area (TPSA) is 76.5 Å². The van der Waals surface area contributed by atoms with Gasteiger partial charge in [-0.3, -0.25) is 4.90 Å². The Labute approximate surface area is 148 Å². The molecule has 0 amide bonds. The SMILES string of the molecule is CC(C)(CNS(=O)(=O)c1cnn(-c2ccccc2)c1)N1CCOCC1. The van der Waals surface area contributed by atoms with Crippen LogP contribution in [-0.4, -0.2) is 61.5 Å². The van der Waals surface area contributed by atoms with E-state index in [4.69, 9.17) is 4.74 Å². The number of aromatic nitrogens is 2. The minimum Gasteiger partial charge on any atom is -0.379 e. The zero-order valence-electron chi connectivity index (χ0n) is 14.6. The third-order valence-corrected chi connectivity index (χ3v) is 5.81. The molecule has 25 heavy (non-hydrogen) atoms. The van der Waals surface area contributed by atoms with Crippen molar-refractivity contribution in [3.63, 3.8) is 0 Å². The number of morpholine rings is 1. The third kappa shape index (κ3) is 4.27. The molecule has 1 aromatic heterocycles. The van der Waals surface area contributed by atoms with Crippen molar-refractivity contribution in [1.29, 1.82) is 0 Å². The van der Waals surface area contributed by atoms with Gasteiger partial charge in [-0.1, -0.05) is 18.2 Å². The summed E-state index contributed by atoms with van der Waals surface area (Å²) in [5.41, 5.74) is 0.532. The van der Waals surface area contributed by atoms with Crippen molar-refractivity contribution < 1.29 is 13.2 Å². The summed E-state index contributed by atoms with van der Waals surface area (Å²) in [6.07, 6.45) is 2.90. The molecule has 136 valence electrons. The first-order valence-electron chi connectivity index (χ1n) is 8.31. The molecule has 1 aromatic carbocycles. The lowest BCUT2D eigenvalue weighted by Crippen LogP contribution is -2.55. The molecule has 0 unspecified atom stereocenters. The van der Waals surface area contributed by atoms with Crippen molar-refractivity contribution in [2.75, 3.05) is 32.8 Å². The van der Waals surface area contributed by atoms with Crippen molar-refractivity contribution in [2.24, 2.45) is 0 Å². The Morgan fingerprint density at radius 2 is 1.88 bits per heavy atom. The van der Waals surface area contributed by atoms with Crippen LogP contribution in [0.5, 0.6) is 0 Å². The van der Waals surface area contributed by atoms with Crippen molar-refractivity contribution in [2.45, 2.75) is 24.3 Å². The van der Waals surface area contributed by atoms with Crippen LogP contribution >= 0.6 is 0 Å². The van der Waals surface area contributed by atoms with Crippen LogP contribution in [-0.2, 0) is 14.8 Å². The van der Waals surface area contributed by atoms with E-state index in [2.05, 4.69) is 14.7 Å². The van der Waals surface area contributed by atoms with E-state index in [1.807, 2.05) is 44.2 Å². The number of rotatable bonds is 6. The highest BCUT2D eigenvalue weighted by molar-refractivity contribution is 7.89. The predicted molar refractivity (Wildman–Crippen MR) is 95.2 cm³/mol. The molecule has 1 N–H and O–H groups in total. The molecule has 1 saturated heterocycles. The second-order valence-electron chi connectivity index (χ2n) is 6.69. The summed E-state index contributed by atoms with van der Waals surface area (Å²) in [5, 5.41) is 4.16. The molecule has 8 heteroatoms. The number of nitrogens with one attached hydrogen (secondary N) is 1. The van der Waals surface area contributed by atoms with Crippen LogP contribution in [0.3, 0.4) is 0 Å². The first-order valence-corrected chi connectivity index (χ1v) is 9.79. The number of hydrogen-bond acceptors (Lipinski definition) is 5. The molecule has 0 bridgehead atoms. The molecule has 3 rings (SSSR count). The van der Waals surface area contributed by atoms with E-state index >= 15 is 0 Å². The summed E-state index contributed by atoms with van der Waals surface area (Å²) in [6.45, 7) is 7.37. The van der Waals surface area contributed by atoms with E-state index in [9.17, 15) is 8.42 Å². The number of ether oxygens (including phenoxy) is 1. The Kier molecular flexibility index (Phi) is 5.24. The fraction of sp³-hybridized carbons (Fsp3) is 0.471. The summed E-state index contributed by atoms with van der Waals surface area (Å²) in [6, 6.07) is 9.42. The monoisotopic (exact) mass is 364 g/mol. The van der Waals surface area contributed by atoms with Gasteiger partial charge < -0.3 is 4.74 Å². The zero-order valence-corrected chi connectivity index (χ0v) is 15.4. The Bertz CT molecular complexity index is 796. The highest BCUT2D eigenvalue weighted by atomic mass is 32.2. The molecule has 7 nitrogen and oxygen atoms in total. The van der Waals surface area contributed by atoms with Gasteiger partial charge in [0.2, 0.25) is 10.0 Å². The summed E-state index contributed by atoms with van der Waals surface area (Å²) in [4.78, 5) is 2.40. The molecule has 0 aliphatic carbocycles. The molecule has 2 heterocycles. The van der Waals surface area contributed by atoms with Gasteiger partial charge in [0.1, 0.15) is 4.90 Å². The lowest BCUT2D eigenvalue weighted by atomic mass is 10.0. The Hall–Kier alpha value is -1.74. The van der Waals surface area contributed by atoms with E-state index in [0.29, 0.717) is 19.8 Å². The smallest absolute Gasteiger partial charge is 0.243 e. The van der Waals surface area contributed by atoms with Gasteiger partial charge in [-0.2, -0.15) is 5.10 Å². The van der Waals surface area contributed by atoms with Crippen LogP contribution in [0.2, 0.25) is 0 Å². The molecule has 0 atom stereocenters. The van der Waals surface area contributed by atoms with Gasteiger partial charge in [0.05, 0.1) is 31.3 Å². The maximum atomic E-state index is 12.6. The Balaban J connectivity index is 1.69. The predicted octanol–water partition coefficient (Wildman–Crippen LogP) is 1.26. The van der Waals surface area contributed by atoms with Crippen LogP contribution in [0, 0.1) is 0 Å². The molecule has 2 aromatic rings. The Morgan fingerprint density at radius 1 is 1.20 bits per heavy atom. The molecular formula is C17H24N4O3S. The molecule has 1 fully saturated rings. The quantitative estimate of drug-likeness (QED) is 0.835. The fourth-order valence-electron chi connectivity index (χ4n) is 2.80. The number of nitrogens with zero attached hydrogens (tertiary/aromatic N) is 3. The lowest BCUT2D eigenvalue weighted by Gasteiger charge is -2.40. The highest BCUT2D eigenvalue weighted by Gasteiger charge is 2.30. The molecular weight excluding hydrogens is 340 g/mol. The minimum atomic E-state index is -3.61. The van der Waals surface area contributed by atoms with Crippen molar-refractivity contribution in [1.82, 2.24) is 19.4 Å². The summed E-state index contributed by atoms with van der Waals surface area (Å²) in [5.74, 6) is 0. The van der Waals surface area contributed by atoms with Crippen LogP contribution in [0.15, 0.2) is 47.6 Å². The summed E-state index contributed by atoms with van der Waals surface area (Å²) >= 11 is 0. The van der Waals surface area contributed by atoms with E-state index in [0.717, 1.165) is 18.8 Å². The van der Waals surface area contributed by atoms with Gasteiger partial charge in [-0.25, -0.2) is 17.8 Å². The average molecular weight is 364 g/mol. The van der Waals surface area contributed by atoms with Crippen LogP contribution in [0.25, 0.3) is 5.69 Å². The zero-order chi connectivity index (χ0) is 17.9. The second-order valence-corrected chi connectivity index (χ2v) is 8.46. The maximum Gasteiger partial charge on any atom is 0.243 e. The van der Waals surface area contributed by atoms with Gasteiger partial charge in [0.15, 0.2) is 0 Å². The van der Waals surface area contributed by atoms with Gasteiger partial charge >= 0.3 is 0 Å². The summed E-state index contributed by atoms with van der Waals surface area (Å²) in [7, 11) is -3.61. The van der Waals surface area contributed by atoms with Crippen LogP contribution in [0.4, 0.5) is 0 Å². The molecule has 0 radical (unpaired) electrons. The van der Waals surface area contributed by atoms with Gasteiger partial charge in [-0.15, -0.1) is 0 Å². The van der Waals surface area contributed by atoms with E-state index in [1.165, 1.54) is 12.4 Å². The number of sulfonamides is 1. The first-order chi connectivity index (χ1) is 11.9. The largest absolute Gasteiger partial charge is 0.379 e. The van der Waals surface area contributed by atoms with Crippen LogP contribution in [0.1, 0.15) is 13.8 Å². The Morgan fingerprint density at radius 3 is 2.56 bits per heavy atom. The number of para-hydroxylation sites is 1. The number of hydrogen-bond donors (Lipinski definition) is 1. The lowest BCUT2D eigenvalue weighted by molar-refractivity contribution is -0.00803. The normalized spacial score (nSPS) is 16.9. The molecule has 0 spiro atoms. The average Bonchev–Trinajstić information content (AvgIpc) is 3.13. The summed E-state index contributed by atoms with van der Waals surface area (Å²) < 4.78 is 34.8. The van der Waals surface area contributed by atoms with Crippen molar-refractivity contribution in [3.8, 4) is 5.69 Å². The van der Waals surface area contributed by atoms with E-state index in [1.54, 1.807) is 4.68 Å². The molecule has 1 aliphatic rings. The maximum absolute atomic E-state index is 12.6. The van der Waals surface area contributed by atoms with E-state index in [-0.39, 0.29) is 10.4 Å². The standard InChI is InChI=1S/C17H24N4O3S/c1-17(2,20-8-10-24-11-9-20)14-19-25(22,23)16-12-18-21(13-16)15-6-4-3-5-7-15/h3-7,12-13,19H,8-11,14H2,1-2H3. The van der Waals surface area contributed by atoms with Gasteiger partial charge in [0.25, 0.3) is 0 Å². The molecule has 0 saturated carbocycles. The first kappa shape index (κ1) is 18.1. The highest BCUT2D eigenvalue weighted by Crippen LogP contribution is 2.17. The third-order valence-electron chi connectivity index (χ3n) is 4.45. The van der Waals surface area contributed by atoms with E-state index < -0.39 is 10.0 Å². The van der Waals surface area contributed by atoms with Gasteiger partial charge in [-0.05, 0) is 26.0 Å². The van der Waals surface area contributed by atoms with Crippen LogP contribution < -0.4 is 4.72 Å².